The van der Waals surface area contributed by atoms with Crippen LogP contribution < -0.4 is 0 Å². The van der Waals surface area contributed by atoms with Gasteiger partial charge in [-0.25, -0.2) is 5.01 Å². The van der Waals surface area contributed by atoms with Crippen molar-refractivity contribution in [2.24, 2.45) is 5.10 Å². The molecule has 2 aromatic rings. The fraction of sp³-hybridized carbons (Fsp3) is 0.500. The van der Waals surface area contributed by atoms with Gasteiger partial charge in [0.15, 0.2) is 0 Å². The van der Waals surface area contributed by atoms with Crippen molar-refractivity contribution in [3.8, 4) is 0 Å². The van der Waals surface area contributed by atoms with E-state index in [0.29, 0.717) is 6.04 Å². The first kappa shape index (κ1) is 33.2. The Labute approximate surface area is 234 Å². The number of allylic oxidation sites excluding steroid dienone is 1. The van der Waals surface area contributed by atoms with Gasteiger partial charge >= 0.3 is 0 Å². The Kier molecular flexibility index (Phi) is 17.6. The number of rotatable bonds is 11. The number of aryl methyl sites for hydroxylation is 1. The van der Waals surface area contributed by atoms with Crippen molar-refractivity contribution in [1.82, 2.24) is 9.91 Å². The summed E-state index contributed by atoms with van der Waals surface area (Å²) in [5.74, 6) is 0.918. The van der Waals surface area contributed by atoms with Crippen LogP contribution in [0.4, 0.5) is 0 Å². The normalized spacial score (nSPS) is 14.9. The first-order valence-electron chi connectivity index (χ1n) is 14.5. The molecule has 2 aromatic carbocycles. The molecule has 0 aromatic heterocycles. The van der Waals surface area contributed by atoms with Crippen molar-refractivity contribution >= 4 is 12.3 Å². The largest absolute Gasteiger partial charge is 0.385 e. The second-order valence-corrected chi connectivity index (χ2v) is 9.69. The minimum absolute atomic E-state index is 0.445. The lowest BCUT2D eigenvalue weighted by Gasteiger charge is -2.40. The minimum Gasteiger partial charge on any atom is -0.385 e. The fourth-order valence-electron chi connectivity index (χ4n) is 4.44. The number of likely N-dealkylation sites (tertiary alicyclic amines) is 1. The van der Waals surface area contributed by atoms with E-state index in [0.717, 1.165) is 44.7 Å². The Bertz CT molecular complexity index is 919. The number of methoxy groups -OCH3 is 1. The third kappa shape index (κ3) is 11.7. The molecule has 210 valence electrons. The van der Waals surface area contributed by atoms with E-state index in [9.17, 15) is 0 Å². The first-order chi connectivity index (χ1) is 18.5. The van der Waals surface area contributed by atoms with Gasteiger partial charge in [0.05, 0.1) is 0 Å². The second-order valence-electron chi connectivity index (χ2n) is 9.69. The van der Waals surface area contributed by atoms with Crippen LogP contribution in [0.15, 0.2) is 78.3 Å². The van der Waals surface area contributed by atoms with Gasteiger partial charge in [-0.3, -0.25) is 0 Å². The zero-order chi connectivity index (χ0) is 28.2. The van der Waals surface area contributed by atoms with Gasteiger partial charge in [-0.2, -0.15) is 5.10 Å². The molecule has 3 rings (SSSR count). The zero-order valence-electron chi connectivity index (χ0n) is 25.1. The molecular formula is C34H53N3O. The zero-order valence-corrected chi connectivity index (χ0v) is 25.1. The Morgan fingerprint density at radius 3 is 2.16 bits per heavy atom. The highest BCUT2D eigenvalue weighted by molar-refractivity contribution is 5.65. The van der Waals surface area contributed by atoms with Gasteiger partial charge in [-0.15, -0.1) is 0 Å². The van der Waals surface area contributed by atoms with Gasteiger partial charge in [0.25, 0.3) is 0 Å². The molecule has 38 heavy (non-hydrogen) atoms. The standard InChI is InChI=1S/C27H35N3.C4H10O.C3H8/c1-5-23-15-17-26(18-16-23)25(6-2)21-30(28-4)22(3)29-19-11-10-14-27(29)20-24-12-8-7-9-13-24;1-3-4-5-2;1-3-2/h7-9,12-13,15-18,21,27H,3-6,10-11,14,19-20H2,1-2H3;3-4H2,1-2H3;3H2,1-2H3/b25-21+;;. The van der Waals surface area contributed by atoms with Gasteiger partial charge < -0.3 is 9.64 Å². The maximum atomic E-state index is 4.69. The molecule has 0 aliphatic carbocycles. The number of piperidine rings is 1. The molecule has 1 fully saturated rings. The molecule has 0 radical (unpaired) electrons. The van der Waals surface area contributed by atoms with Gasteiger partial charge in [-0.05, 0) is 67.2 Å². The molecule has 1 heterocycles. The van der Waals surface area contributed by atoms with Crippen LogP contribution in [0.3, 0.4) is 0 Å². The number of nitrogens with zero attached hydrogens (tertiary/aromatic N) is 3. The molecule has 1 atom stereocenters. The van der Waals surface area contributed by atoms with Gasteiger partial charge in [0.2, 0.25) is 0 Å². The molecule has 1 aliphatic rings. The van der Waals surface area contributed by atoms with Crippen LogP contribution in [-0.2, 0) is 17.6 Å². The number of hydrogen-bond acceptors (Lipinski definition) is 4. The lowest BCUT2D eigenvalue weighted by molar-refractivity contribution is 0.151. The van der Waals surface area contributed by atoms with E-state index in [1.165, 1.54) is 47.9 Å². The molecule has 1 aliphatic heterocycles. The number of benzene rings is 2. The average molecular weight is 520 g/mol. The number of hydrogen-bond donors (Lipinski definition) is 0. The van der Waals surface area contributed by atoms with Crippen LogP contribution in [0.25, 0.3) is 5.57 Å². The molecule has 0 N–H and O–H groups in total. The summed E-state index contributed by atoms with van der Waals surface area (Å²) >= 11 is 0. The second kappa shape index (κ2) is 20.2. The van der Waals surface area contributed by atoms with E-state index in [2.05, 4.69) is 119 Å². The van der Waals surface area contributed by atoms with Gasteiger partial charge in [0, 0.05) is 39.2 Å². The monoisotopic (exact) mass is 519 g/mol. The topological polar surface area (TPSA) is 28.1 Å². The van der Waals surface area contributed by atoms with Crippen molar-refractivity contribution in [1.29, 1.82) is 0 Å². The number of ether oxygens (including phenoxy) is 1. The van der Waals surface area contributed by atoms with Crippen LogP contribution in [0.5, 0.6) is 0 Å². The Morgan fingerprint density at radius 2 is 1.66 bits per heavy atom. The molecule has 0 saturated carbocycles. The van der Waals surface area contributed by atoms with E-state index < -0.39 is 0 Å². The Hall–Kier alpha value is -2.85. The highest BCUT2D eigenvalue weighted by atomic mass is 16.5. The van der Waals surface area contributed by atoms with E-state index in [1.807, 2.05) is 5.01 Å². The van der Waals surface area contributed by atoms with Crippen molar-refractivity contribution < 1.29 is 4.74 Å². The van der Waals surface area contributed by atoms with Gasteiger partial charge in [0.1, 0.15) is 5.82 Å². The lowest BCUT2D eigenvalue weighted by atomic mass is 9.95. The number of hydrazone groups is 1. The summed E-state index contributed by atoms with van der Waals surface area (Å²) in [6, 6.07) is 20.0. The van der Waals surface area contributed by atoms with Crippen LogP contribution >= 0.6 is 0 Å². The molecule has 1 unspecified atom stereocenters. The Morgan fingerprint density at radius 1 is 1.00 bits per heavy atom. The molecule has 1 saturated heterocycles. The SMILES string of the molecule is C=NN(/C=C(\CC)c1ccc(CC)cc1)C(=C)N1CCCCC1Cc1ccccc1.CCC.CCCOC. The van der Waals surface area contributed by atoms with E-state index >= 15 is 0 Å². The van der Waals surface area contributed by atoms with Crippen molar-refractivity contribution in [3.05, 3.63) is 89.9 Å². The van der Waals surface area contributed by atoms with E-state index in [1.54, 1.807) is 7.11 Å². The maximum Gasteiger partial charge on any atom is 0.122 e. The van der Waals surface area contributed by atoms with Crippen LogP contribution in [-0.4, -0.2) is 42.9 Å². The van der Waals surface area contributed by atoms with Crippen molar-refractivity contribution in [3.63, 3.8) is 0 Å². The minimum atomic E-state index is 0.445. The summed E-state index contributed by atoms with van der Waals surface area (Å²) in [7, 11) is 1.71. The molecule has 0 spiro atoms. The molecule has 0 bridgehead atoms. The summed E-state index contributed by atoms with van der Waals surface area (Å²) in [6.07, 6.45) is 11.1. The highest BCUT2D eigenvalue weighted by Crippen LogP contribution is 2.28. The molecule has 0 amide bonds. The van der Waals surface area contributed by atoms with Crippen LogP contribution in [0, 0.1) is 0 Å². The molecular weight excluding hydrogens is 466 g/mol. The summed E-state index contributed by atoms with van der Waals surface area (Å²) < 4.78 is 4.69. The predicted molar refractivity (Wildman–Crippen MR) is 167 cm³/mol. The smallest absolute Gasteiger partial charge is 0.122 e. The third-order valence-electron chi connectivity index (χ3n) is 6.49. The fourth-order valence-corrected chi connectivity index (χ4v) is 4.44. The summed E-state index contributed by atoms with van der Waals surface area (Å²) in [5.41, 5.74) is 5.20. The maximum absolute atomic E-state index is 4.69. The first-order valence-corrected chi connectivity index (χ1v) is 14.5. The van der Waals surface area contributed by atoms with E-state index in [-0.39, 0.29) is 0 Å². The van der Waals surface area contributed by atoms with Crippen molar-refractivity contribution in [2.45, 2.75) is 92.0 Å². The van der Waals surface area contributed by atoms with E-state index in [4.69, 9.17) is 4.74 Å². The predicted octanol–water partition coefficient (Wildman–Crippen LogP) is 8.95. The Balaban J connectivity index is 0.000000794. The molecule has 4 heteroatoms. The third-order valence-corrected chi connectivity index (χ3v) is 6.49. The summed E-state index contributed by atoms with van der Waals surface area (Å²) in [4.78, 5) is 2.43. The summed E-state index contributed by atoms with van der Waals surface area (Å²) in [5, 5.41) is 6.19. The summed E-state index contributed by atoms with van der Waals surface area (Å²) in [6.45, 7) is 20.9. The van der Waals surface area contributed by atoms with Crippen molar-refractivity contribution in [2.75, 3.05) is 20.3 Å². The quantitative estimate of drug-likeness (QED) is 0.219. The average Bonchev–Trinajstić information content (AvgIpc) is 2.96. The van der Waals surface area contributed by atoms with Crippen LogP contribution in [0.1, 0.15) is 89.8 Å². The molecule has 4 nitrogen and oxygen atoms in total. The van der Waals surface area contributed by atoms with Gasteiger partial charge in [-0.1, -0.05) is 102 Å². The van der Waals surface area contributed by atoms with Crippen LogP contribution in [0.2, 0.25) is 0 Å². The lowest BCUT2D eigenvalue weighted by Crippen LogP contribution is -2.43. The highest BCUT2D eigenvalue weighted by Gasteiger charge is 2.26.